The molecule has 1 aliphatic carbocycles. The molecule has 4 rings (SSSR count). The number of aromatic nitrogens is 5. The average molecular weight is 343 g/mol. The van der Waals surface area contributed by atoms with Crippen molar-refractivity contribution < 1.29 is 4.79 Å². The summed E-state index contributed by atoms with van der Waals surface area (Å²) in [7, 11) is 1.83. The molecule has 0 spiro atoms. The summed E-state index contributed by atoms with van der Waals surface area (Å²) in [6.45, 7) is 3.05. The summed E-state index contributed by atoms with van der Waals surface area (Å²) in [4.78, 5) is 25.4. The predicted molar refractivity (Wildman–Crippen MR) is 94.1 cm³/mol. The number of fused-ring (bicyclic) bond motifs is 1. The monoisotopic (exact) mass is 343 g/mol. The third-order valence-electron chi connectivity index (χ3n) is 5.49. The first-order valence-electron chi connectivity index (χ1n) is 9.25. The lowest BCUT2D eigenvalue weighted by Gasteiger charge is -2.36. The summed E-state index contributed by atoms with van der Waals surface area (Å²) in [6, 6.07) is 0. The Bertz CT molecular complexity index is 745. The summed E-state index contributed by atoms with van der Waals surface area (Å²) in [5.74, 6) is 1.73. The molecule has 25 heavy (non-hydrogen) atoms. The molecule has 134 valence electrons. The van der Waals surface area contributed by atoms with Gasteiger partial charge in [-0.25, -0.2) is 14.6 Å². The van der Waals surface area contributed by atoms with Gasteiger partial charge in [-0.3, -0.25) is 4.79 Å². The van der Waals surface area contributed by atoms with Crippen LogP contribution >= 0.6 is 0 Å². The van der Waals surface area contributed by atoms with Gasteiger partial charge in [0.1, 0.15) is 6.33 Å². The fraction of sp³-hybridized carbons (Fsp3) is 0.706. The molecule has 0 unspecified atom stereocenters. The topological polar surface area (TPSA) is 80.0 Å². The third kappa shape index (κ3) is 3.29. The highest BCUT2D eigenvalue weighted by Gasteiger charge is 2.26. The van der Waals surface area contributed by atoms with E-state index in [1.165, 1.54) is 32.1 Å². The molecule has 2 aliphatic rings. The van der Waals surface area contributed by atoms with Crippen LogP contribution in [-0.4, -0.2) is 61.9 Å². The third-order valence-corrected chi connectivity index (χ3v) is 5.49. The zero-order chi connectivity index (χ0) is 17.2. The van der Waals surface area contributed by atoms with E-state index in [0.717, 1.165) is 49.6 Å². The van der Waals surface area contributed by atoms with E-state index in [1.54, 1.807) is 11.0 Å². The SMILES string of the molecule is Cn1nnc2c(N3CCN(C(=O)CC4CCCCC4)CC3)ncnc21. The highest BCUT2D eigenvalue weighted by Crippen LogP contribution is 2.27. The molecule has 2 aromatic heterocycles. The number of anilines is 1. The molecule has 0 N–H and O–H groups in total. The van der Waals surface area contributed by atoms with Gasteiger partial charge >= 0.3 is 0 Å². The van der Waals surface area contributed by atoms with Crippen molar-refractivity contribution in [1.29, 1.82) is 0 Å². The molecule has 0 atom stereocenters. The van der Waals surface area contributed by atoms with Crippen LogP contribution in [0.1, 0.15) is 38.5 Å². The number of carbonyl (C=O) groups is 1. The highest BCUT2D eigenvalue weighted by molar-refractivity contribution is 5.83. The molecule has 1 saturated carbocycles. The van der Waals surface area contributed by atoms with Crippen LogP contribution in [0.3, 0.4) is 0 Å². The maximum Gasteiger partial charge on any atom is 0.222 e. The van der Waals surface area contributed by atoms with E-state index >= 15 is 0 Å². The molecule has 0 aromatic carbocycles. The van der Waals surface area contributed by atoms with Crippen LogP contribution in [0, 0.1) is 5.92 Å². The van der Waals surface area contributed by atoms with E-state index in [9.17, 15) is 4.79 Å². The number of amides is 1. The van der Waals surface area contributed by atoms with Crippen molar-refractivity contribution in [2.24, 2.45) is 13.0 Å². The van der Waals surface area contributed by atoms with Crippen molar-refractivity contribution in [2.45, 2.75) is 38.5 Å². The van der Waals surface area contributed by atoms with Gasteiger partial charge in [0, 0.05) is 39.6 Å². The highest BCUT2D eigenvalue weighted by atomic mass is 16.2. The molecular formula is C17H25N7O. The molecular weight excluding hydrogens is 318 g/mol. The maximum atomic E-state index is 12.6. The molecule has 2 aromatic rings. The number of carbonyl (C=O) groups excluding carboxylic acids is 1. The van der Waals surface area contributed by atoms with Gasteiger partial charge in [-0.15, -0.1) is 5.10 Å². The van der Waals surface area contributed by atoms with Crippen LogP contribution in [0.2, 0.25) is 0 Å². The second kappa shape index (κ2) is 6.93. The molecule has 8 heteroatoms. The van der Waals surface area contributed by atoms with Crippen molar-refractivity contribution in [3.05, 3.63) is 6.33 Å². The molecule has 1 aliphatic heterocycles. The molecule has 8 nitrogen and oxygen atoms in total. The van der Waals surface area contributed by atoms with Gasteiger partial charge in [-0.2, -0.15) is 0 Å². The lowest BCUT2D eigenvalue weighted by atomic mass is 9.86. The lowest BCUT2D eigenvalue weighted by Crippen LogP contribution is -2.49. The van der Waals surface area contributed by atoms with Crippen LogP contribution in [0.4, 0.5) is 5.82 Å². The van der Waals surface area contributed by atoms with E-state index in [4.69, 9.17) is 0 Å². The normalized spacial score (nSPS) is 19.6. The fourth-order valence-corrected chi connectivity index (χ4v) is 4.01. The summed E-state index contributed by atoms with van der Waals surface area (Å²) in [5.41, 5.74) is 1.47. The molecule has 0 bridgehead atoms. The van der Waals surface area contributed by atoms with Gasteiger partial charge in [0.2, 0.25) is 5.91 Å². The van der Waals surface area contributed by atoms with Gasteiger partial charge in [0.05, 0.1) is 0 Å². The maximum absolute atomic E-state index is 12.6. The fourth-order valence-electron chi connectivity index (χ4n) is 4.01. The summed E-state index contributed by atoms with van der Waals surface area (Å²) in [6.07, 6.45) is 8.62. The van der Waals surface area contributed by atoms with Gasteiger partial charge in [-0.05, 0) is 18.8 Å². The first-order chi connectivity index (χ1) is 12.2. The standard InChI is InChI=1S/C17H25N7O/c1-22-16-15(20-21-22)17(19-12-18-16)24-9-7-23(8-10-24)14(25)11-13-5-3-2-4-6-13/h12-13H,2-11H2,1H3. The Morgan fingerprint density at radius 3 is 2.64 bits per heavy atom. The Morgan fingerprint density at radius 1 is 1.12 bits per heavy atom. The predicted octanol–water partition coefficient (Wildman–Crippen LogP) is 1.38. The largest absolute Gasteiger partial charge is 0.351 e. The quantitative estimate of drug-likeness (QED) is 0.837. The van der Waals surface area contributed by atoms with Gasteiger partial charge < -0.3 is 9.80 Å². The zero-order valence-corrected chi connectivity index (χ0v) is 14.8. The molecule has 1 saturated heterocycles. The van der Waals surface area contributed by atoms with Crippen LogP contribution in [0.25, 0.3) is 11.2 Å². The molecule has 1 amide bonds. The van der Waals surface area contributed by atoms with Gasteiger partial charge in [-0.1, -0.05) is 24.5 Å². The first-order valence-corrected chi connectivity index (χ1v) is 9.25. The molecule has 3 heterocycles. The van der Waals surface area contributed by atoms with E-state index in [-0.39, 0.29) is 0 Å². The zero-order valence-electron chi connectivity index (χ0n) is 14.8. The van der Waals surface area contributed by atoms with Crippen LogP contribution in [0.15, 0.2) is 6.33 Å². The Hall–Kier alpha value is -2.25. The summed E-state index contributed by atoms with van der Waals surface area (Å²) < 4.78 is 1.66. The second-order valence-corrected chi connectivity index (χ2v) is 7.16. The number of nitrogens with zero attached hydrogens (tertiary/aromatic N) is 7. The Kier molecular flexibility index (Phi) is 4.50. The lowest BCUT2D eigenvalue weighted by molar-refractivity contribution is -0.132. The number of rotatable bonds is 3. The minimum Gasteiger partial charge on any atom is -0.351 e. The Morgan fingerprint density at radius 2 is 1.88 bits per heavy atom. The van der Waals surface area contributed by atoms with Crippen molar-refractivity contribution in [2.75, 3.05) is 31.1 Å². The summed E-state index contributed by atoms with van der Waals surface area (Å²) >= 11 is 0. The van der Waals surface area contributed by atoms with Crippen molar-refractivity contribution in [3.63, 3.8) is 0 Å². The van der Waals surface area contributed by atoms with Gasteiger partial charge in [0.15, 0.2) is 17.0 Å². The van der Waals surface area contributed by atoms with Crippen LogP contribution in [-0.2, 0) is 11.8 Å². The minimum atomic E-state index is 0.318. The van der Waals surface area contributed by atoms with Crippen LogP contribution in [0.5, 0.6) is 0 Å². The van der Waals surface area contributed by atoms with Crippen molar-refractivity contribution in [3.8, 4) is 0 Å². The first kappa shape index (κ1) is 16.2. The number of hydrogen-bond acceptors (Lipinski definition) is 6. The van der Waals surface area contributed by atoms with Crippen molar-refractivity contribution in [1.82, 2.24) is 29.9 Å². The number of piperazine rings is 1. The Balaban J connectivity index is 1.38. The minimum absolute atomic E-state index is 0.318. The van der Waals surface area contributed by atoms with E-state index < -0.39 is 0 Å². The van der Waals surface area contributed by atoms with Gasteiger partial charge in [0.25, 0.3) is 0 Å². The molecule has 0 radical (unpaired) electrons. The van der Waals surface area contributed by atoms with Crippen molar-refractivity contribution >= 4 is 22.9 Å². The average Bonchev–Trinajstić information content (AvgIpc) is 3.04. The number of aryl methyl sites for hydroxylation is 1. The van der Waals surface area contributed by atoms with E-state index in [0.29, 0.717) is 11.8 Å². The van der Waals surface area contributed by atoms with Crippen LogP contribution < -0.4 is 4.90 Å². The Labute approximate surface area is 147 Å². The van der Waals surface area contributed by atoms with E-state index in [2.05, 4.69) is 25.2 Å². The smallest absolute Gasteiger partial charge is 0.222 e. The number of hydrogen-bond donors (Lipinski definition) is 0. The summed E-state index contributed by atoms with van der Waals surface area (Å²) in [5, 5.41) is 8.22. The molecule has 2 fully saturated rings. The van der Waals surface area contributed by atoms with E-state index in [1.807, 2.05) is 11.9 Å². The second-order valence-electron chi connectivity index (χ2n) is 7.16.